The van der Waals surface area contributed by atoms with Crippen LogP contribution in [0.3, 0.4) is 0 Å². The molecule has 0 spiro atoms. The maximum atomic E-state index is 6.28. The molecular weight excluding hydrogens is 645 g/mol. The van der Waals surface area contributed by atoms with Crippen LogP contribution in [0.2, 0.25) is 0 Å². The lowest BCUT2D eigenvalue weighted by Crippen LogP contribution is -2.75. The average Bonchev–Trinajstić information content (AvgIpc) is 3.60. The third kappa shape index (κ3) is 4.04. The van der Waals surface area contributed by atoms with Gasteiger partial charge in [-0.3, -0.25) is 0 Å². The third-order valence-electron chi connectivity index (χ3n) is 11.8. The Balaban J connectivity index is 1.24. The molecule has 1 aromatic heterocycles. The Morgan fingerprint density at radius 3 is 1.56 bits per heavy atom. The molecular formula is C50H34OSi. The van der Waals surface area contributed by atoms with Crippen molar-refractivity contribution in [3.63, 3.8) is 0 Å². The Morgan fingerprint density at radius 1 is 0.365 bits per heavy atom. The summed E-state index contributed by atoms with van der Waals surface area (Å²) in [6.07, 6.45) is 0. The number of hydrogen-bond donors (Lipinski definition) is 0. The topological polar surface area (TPSA) is 13.1 Å². The van der Waals surface area contributed by atoms with Gasteiger partial charge in [0.25, 0.3) is 0 Å². The maximum absolute atomic E-state index is 6.28. The van der Waals surface area contributed by atoms with Crippen LogP contribution in [-0.4, -0.2) is 8.07 Å². The molecule has 2 atom stereocenters. The summed E-state index contributed by atoms with van der Waals surface area (Å²) in [7, 11) is -2.83. The number of furan rings is 1. The number of hydrogen-bond acceptors (Lipinski definition) is 1. The van der Waals surface area contributed by atoms with Gasteiger partial charge in [-0.15, -0.1) is 0 Å². The highest BCUT2D eigenvalue weighted by Crippen LogP contribution is 2.57. The van der Waals surface area contributed by atoms with Crippen molar-refractivity contribution in [1.29, 1.82) is 0 Å². The number of rotatable bonds is 5. The summed E-state index contributed by atoms with van der Waals surface area (Å²) in [4.78, 5) is 0. The zero-order chi connectivity index (χ0) is 34.2. The fraction of sp³-hybridized carbons (Fsp3) is 0.0400. The van der Waals surface area contributed by atoms with Crippen molar-refractivity contribution < 1.29 is 4.42 Å². The highest BCUT2D eigenvalue weighted by molar-refractivity contribution is 7.20. The number of benzene rings is 8. The summed E-state index contributed by atoms with van der Waals surface area (Å²) in [5.74, 6) is 0.233. The van der Waals surface area contributed by atoms with E-state index in [1.165, 1.54) is 65.3 Å². The first-order valence-corrected chi connectivity index (χ1v) is 20.3. The highest BCUT2D eigenvalue weighted by Gasteiger charge is 2.49. The van der Waals surface area contributed by atoms with Crippen molar-refractivity contribution in [1.82, 2.24) is 0 Å². The molecule has 0 saturated carbocycles. The Bertz CT molecular complexity index is 2700. The van der Waals surface area contributed by atoms with Crippen LogP contribution < -0.4 is 20.7 Å². The van der Waals surface area contributed by atoms with Crippen LogP contribution in [0.1, 0.15) is 45.2 Å². The summed E-state index contributed by atoms with van der Waals surface area (Å²) < 4.78 is 6.28. The zero-order valence-electron chi connectivity index (χ0n) is 28.5. The monoisotopic (exact) mass is 678 g/mol. The average molecular weight is 679 g/mol. The predicted molar refractivity (Wildman–Crippen MR) is 218 cm³/mol. The van der Waals surface area contributed by atoms with Gasteiger partial charge in [0.1, 0.15) is 11.2 Å². The quantitative estimate of drug-likeness (QED) is 0.131. The summed E-state index contributed by atoms with van der Waals surface area (Å²) in [5.41, 5.74) is 13.1. The summed E-state index contributed by atoms with van der Waals surface area (Å²) >= 11 is 0. The SMILES string of the molecule is c1ccc([Si](c2ccccc2)(c2ccccc2)c2cccc3c2C2c4ccccc4C3c3cccc(-c4ccc5oc6ccccc6c5c4)c32)cc1. The van der Waals surface area contributed by atoms with Crippen molar-refractivity contribution in [3.8, 4) is 11.1 Å². The summed E-state index contributed by atoms with van der Waals surface area (Å²) in [6, 6.07) is 72.8. The van der Waals surface area contributed by atoms with E-state index in [0.717, 1.165) is 21.9 Å². The van der Waals surface area contributed by atoms with Crippen LogP contribution in [0.15, 0.2) is 199 Å². The molecule has 2 heteroatoms. The maximum Gasteiger partial charge on any atom is 0.179 e. The molecule has 9 aromatic rings. The minimum atomic E-state index is -2.83. The van der Waals surface area contributed by atoms with Crippen LogP contribution in [0, 0.1) is 0 Å². The molecule has 0 amide bonds. The molecule has 0 fully saturated rings. The van der Waals surface area contributed by atoms with Gasteiger partial charge < -0.3 is 4.42 Å². The molecule has 12 rings (SSSR count). The fourth-order valence-electron chi connectivity index (χ4n) is 9.81. The number of fused-ring (bicyclic) bond motifs is 3. The molecule has 244 valence electrons. The normalized spacial score (nSPS) is 15.7. The molecule has 2 bridgehead atoms. The lowest BCUT2D eigenvalue weighted by atomic mass is 9.60. The minimum absolute atomic E-state index is 0.0819. The second-order valence-electron chi connectivity index (χ2n) is 14.3. The smallest absolute Gasteiger partial charge is 0.179 e. The second kappa shape index (κ2) is 11.4. The fourth-order valence-corrected chi connectivity index (χ4v) is 14.9. The standard InChI is InChI=1S/C50H34OSi/c1-4-16-34(17-5-1)52(35-18-6-2-7-19-35,36-20-8-3-9-21-36)46-29-15-27-42-47-39-23-10-11-24-40(39)50(49(42)46)48-37(25-14-26-41(47)48)33-30-31-45-43(32-33)38-22-12-13-28-44(38)51-45/h1-32,47,50H. The van der Waals surface area contributed by atoms with Gasteiger partial charge in [0, 0.05) is 22.6 Å². The molecule has 1 heterocycles. The van der Waals surface area contributed by atoms with Crippen LogP contribution >= 0.6 is 0 Å². The van der Waals surface area contributed by atoms with Crippen molar-refractivity contribution in [3.05, 3.63) is 228 Å². The van der Waals surface area contributed by atoms with Crippen molar-refractivity contribution >= 4 is 50.8 Å². The van der Waals surface area contributed by atoms with Gasteiger partial charge in [0.2, 0.25) is 0 Å². The predicted octanol–water partition coefficient (Wildman–Crippen LogP) is 9.62. The van der Waals surface area contributed by atoms with E-state index in [2.05, 4.69) is 188 Å². The molecule has 0 radical (unpaired) electrons. The van der Waals surface area contributed by atoms with E-state index in [1.807, 2.05) is 6.07 Å². The zero-order valence-corrected chi connectivity index (χ0v) is 29.5. The molecule has 1 nitrogen and oxygen atoms in total. The van der Waals surface area contributed by atoms with E-state index < -0.39 is 8.07 Å². The molecule has 52 heavy (non-hydrogen) atoms. The Labute approximate surface area is 304 Å². The molecule has 8 aromatic carbocycles. The van der Waals surface area contributed by atoms with E-state index in [0.29, 0.717) is 0 Å². The minimum Gasteiger partial charge on any atom is -0.456 e. The molecule has 3 aliphatic carbocycles. The molecule has 3 aliphatic rings. The lowest BCUT2D eigenvalue weighted by Gasteiger charge is -2.47. The Morgan fingerprint density at radius 2 is 0.885 bits per heavy atom. The van der Waals surface area contributed by atoms with Crippen LogP contribution in [0.5, 0.6) is 0 Å². The molecule has 0 aliphatic heterocycles. The van der Waals surface area contributed by atoms with Gasteiger partial charge in [-0.05, 0) is 83.5 Å². The van der Waals surface area contributed by atoms with E-state index >= 15 is 0 Å². The first-order valence-electron chi connectivity index (χ1n) is 18.3. The molecule has 0 saturated heterocycles. The molecule has 2 unspecified atom stereocenters. The summed E-state index contributed by atoms with van der Waals surface area (Å²) in [5, 5.41) is 8.02. The first-order chi connectivity index (χ1) is 25.8. The largest absolute Gasteiger partial charge is 0.456 e. The Hall–Kier alpha value is -6.22. The van der Waals surface area contributed by atoms with Gasteiger partial charge in [-0.1, -0.05) is 176 Å². The summed E-state index contributed by atoms with van der Waals surface area (Å²) in [6.45, 7) is 0. The van der Waals surface area contributed by atoms with Gasteiger partial charge >= 0.3 is 0 Å². The van der Waals surface area contributed by atoms with Gasteiger partial charge in [-0.25, -0.2) is 0 Å². The van der Waals surface area contributed by atoms with Crippen molar-refractivity contribution in [2.24, 2.45) is 0 Å². The third-order valence-corrected chi connectivity index (χ3v) is 16.7. The molecule has 0 N–H and O–H groups in total. The van der Waals surface area contributed by atoms with E-state index in [4.69, 9.17) is 4.42 Å². The van der Waals surface area contributed by atoms with Crippen LogP contribution in [0.25, 0.3) is 33.1 Å². The highest BCUT2D eigenvalue weighted by atomic mass is 28.3. The van der Waals surface area contributed by atoms with Crippen LogP contribution in [0.4, 0.5) is 0 Å². The second-order valence-corrected chi connectivity index (χ2v) is 18.0. The van der Waals surface area contributed by atoms with E-state index in [1.54, 1.807) is 0 Å². The van der Waals surface area contributed by atoms with E-state index in [-0.39, 0.29) is 11.8 Å². The Kier molecular flexibility index (Phi) is 6.47. The van der Waals surface area contributed by atoms with Crippen molar-refractivity contribution in [2.45, 2.75) is 11.8 Å². The van der Waals surface area contributed by atoms with Gasteiger partial charge in [-0.2, -0.15) is 0 Å². The van der Waals surface area contributed by atoms with Gasteiger partial charge in [0.15, 0.2) is 8.07 Å². The van der Waals surface area contributed by atoms with Gasteiger partial charge in [0.05, 0.1) is 0 Å². The van der Waals surface area contributed by atoms with Crippen molar-refractivity contribution in [2.75, 3.05) is 0 Å². The first kappa shape index (κ1) is 29.5. The lowest BCUT2D eigenvalue weighted by molar-refractivity contribution is 0.669. The number of para-hydroxylation sites is 1. The van der Waals surface area contributed by atoms with Crippen LogP contribution in [-0.2, 0) is 0 Å². The van der Waals surface area contributed by atoms with E-state index in [9.17, 15) is 0 Å².